The van der Waals surface area contributed by atoms with Gasteiger partial charge in [-0.2, -0.15) is 0 Å². The maximum Gasteiger partial charge on any atom is 0.266 e. The maximum absolute atomic E-state index is 12.4. The van der Waals surface area contributed by atoms with Gasteiger partial charge in [-0.3, -0.25) is 4.72 Å². The first-order valence-corrected chi connectivity index (χ1v) is 7.65. The molecule has 3 N–H and O–H groups in total. The molecule has 8 heteroatoms. The fourth-order valence-electron chi connectivity index (χ4n) is 1.94. The van der Waals surface area contributed by atoms with E-state index in [0.717, 1.165) is 0 Å². The van der Waals surface area contributed by atoms with Gasteiger partial charge in [-0.1, -0.05) is 11.6 Å². The van der Waals surface area contributed by atoms with E-state index in [-0.39, 0.29) is 28.0 Å². The second kappa shape index (κ2) is 5.43. The Kier molecular flexibility index (Phi) is 4.03. The number of sulfonamides is 1. The lowest BCUT2D eigenvalue weighted by atomic mass is 10.2. The van der Waals surface area contributed by atoms with Gasteiger partial charge in [-0.25, -0.2) is 13.4 Å². The lowest BCUT2D eigenvalue weighted by Gasteiger charge is -2.09. The lowest BCUT2D eigenvalue weighted by molar-refractivity contribution is 0.494. The van der Waals surface area contributed by atoms with Crippen LogP contribution in [-0.2, 0) is 16.6 Å². The Balaban J connectivity index is 2.49. The molecule has 2 aromatic heterocycles. The molecule has 0 saturated heterocycles. The molecule has 0 unspecified atom stereocenters. The number of anilines is 1. The summed E-state index contributed by atoms with van der Waals surface area (Å²) < 4.78 is 32.6. The van der Waals surface area contributed by atoms with Gasteiger partial charge < -0.3 is 10.2 Å². The van der Waals surface area contributed by atoms with E-state index in [1.54, 1.807) is 26.0 Å². The Morgan fingerprint density at radius 1 is 1.40 bits per heavy atom. The zero-order valence-electron chi connectivity index (χ0n) is 11.0. The summed E-state index contributed by atoms with van der Waals surface area (Å²) in [5, 5.41) is 0.211. The van der Waals surface area contributed by atoms with Crippen molar-refractivity contribution in [1.82, 2.24) is 4.98 Å². The maximum atomic E-state index is 12.4. The SMILES string of the molecule is Cc1oc(C)c(S(=O)(=O)Nc2ncccc2Cl)c1CN. The van der Waals surface area contributed by atoms with Crippen LogP contribution in [0.3, 0.4) is 0 Å². The van der Waals surface area contributed by atoms with Crippen molar-refractivity contribution in [2.45, 2.75) is 25.3 Å². The number of furan rings is 1. The fraction of sp³-hybridized carbons (Fsp3) is 0.250. The Hall–Kier alpha value is -1.57. The van der Waals surface area contributed by atoms with E-state index in [0.29, 0.717) is 11.3 Å². The summed E-state index contributed by atoms with van der Waals surface area (Å²) in [7, 11) is -3.86. The molecule has 0 aliphatic heterocycles. The molecule has 2 heterocycles. The zero-order chi connectivity index (χ0) is 14.9. The average molecular weight is 316 g/mol. The highest BCUT2D eigenvalue weighted by molar-refractivity contribution is 7.92. The number of halogens is 1. The van der Waals surface area contributed by atoms with Crippen molar-refractivity contribution in [3.05, 3.63) is 40.4 Å². The van der Waals surface area contributed by atoms with Gasteiger partial charge in [0.25, 0.3) is 10.0 Å². The Bertz CT molecular complexity index is 740. The van der Waals surface area contributed by atoms with Crippen LogP contribution in [0.15, 0.2) is 27.6 Å². The molecule has 2 aromatic rings. The van der Waals surface area contributed by atoms with Crippen LogP contribution >= 0.6 is 11.6 Å². The van der Waals surface area contributed by atoms with Crippen molar-refractivity contribution in [2.24, 2.45) is 5.73 Å². The van der Waals surface area contributed by atoms with Crippen LogP contribution in [-0.4, -0.2) is 13.4 Å². The summed E-state index contributed by atoms with van der Waals surface area (Å²) in [6.45, 7) is 3.30. The number of nitrogens with zero attached hydrogens (tertiary/aromatic N) is 1. The van der Waals surface area contributed by atoms with Gasteiger partial charge in [-0.05, 0) is 26.0 Å². The Morgan fingerprint density at radius 2 is 2.10 bits per heavy atom. The lowest BCUT2D eigenvalue weighted by Crippen LogP contribution is -2.17. The molecule has 0 aliphatic carbocycles. The fourth-order valence-corrected chi connectivity index (χ4v) is 3.65. The first-order valence-electron chi connectivity index (χ1n) is 5.79. The number of pyridine rings is 1. The largest absolute Gasteiger partial charge is 0.465 e. The van der Waals surface area contributed by atoms with Crippen molar-refractivity contribution in [1.29, 1.82) is 0 Å². The van der Waals surface area contributed by atoms with E-state index in [4.69, 9.17) is 21.8 Å². The number of hydrogen-bond donors (Lipinski definition) is 2. The summed E-state index contributed by atoms with van der Waals surface area (Å²) in [5.74, 6) is 0.829. The number of aromatic nitrogens is 1. The molecular weight excluding hydrogens is 302 g/mol. The molecule has 20 heavy (non-hydrogen) atoms. The number of nitrogens with one attached hydrogen (secondary N) is 1. The molecular formula is C12H14ClN3O3S. The van der Waals surface area contributed by atoms with E-state index in [9.17, 15) is 8.42 Å². The van der Waals surface area contributed by atoms with Crippen molar-refractivity contribution in [2.75, 3.05) is 4.72 Å². The molecule has 0 amide bonds. The molecule has 2 rings (SSSR count). The molecule has 0 saturated carbocycles. The minimum Gasteiger partial charge on any atom is -0.465 e. The predicted octanol–water partition coefficient (Wildman–Crippen LogP) is 2.20. The zero-order valence-corrected chi connectivity index (χ0v) is 12.5. The van der Waals surface area contributed by atoms with E-state index in [2.05, 4.69) is 9.71 Å². The summed E-state index contributed by atoms with van der Waals surface area (Å²) >= 11 is 5.90. The molecule has 0 aromatic carbocycles. The van der Waals surface area contributed by atoms with Crippen LogP contribution in [0.4, 0.5) is 5.82 Å². The number of hydrogen-bond acceptors (Lipinski definition) is 5. The molecule has 108 valence electrons. The summed E-state index contributed by atoms with van der Waals surface area (Å²) in [5.41, 5.74) is 6.04. The van der Waals surface area contributed by atoms with Gasteiger partial charge in [0.2, 0.25) is 0 Å². The highest BCUT2D eigenvalue weighted by Crippen LogP contribution is 2.29. The van der Waals surface area contributed by atoms with Gasteiger partial charge in [0, 0.05) is 18.3 Å². The van der Waals surface area contributed by atoms with E-state index >= 15 is 0 Å². The third-order valence-corrected chi connectivity index (χ3v) is 4.63. The third-order valence-electron chi connectivity index (χ3n) is 2.79. The van der Waals surface area contributed by atoms with Gasteiger partial charge in [-0.15, -0.1) is 0 Å². The molecule has 0 bridgehead atoms. The number of aryl methyl sites for hydroxylation is 2. The average Bonchev–Trinajstić information content (AvgIpc) is 2.67. The highest BCUT2D eigenvalue weighted by atomic mass is 35.5. The van der Waals surface area contributed by atoms with Crippen molar-refractivity contribution >= 4 is 27.4 Å². The van der Waals surface area contributed by atoms with Gasteiger partial charge in [0.05, 0.1) is 5.02 Å². The van der Waals surface area contributed by atoms with Gasteiger partial charge >= 0.3 is 0 Å². The number of rotatable bonds is 4. The molecule has 0 atom stereocenters. The second-order valence-electron chi connectivity index (χ2n) is 4.17. The topological polar surface area (TPSA) is 98.2 Å². The minimum absolute atomic E-state index is 0.0409. The van der Waals surface area contributed by atoms with E-state index < -0.39 is 10.0 Å². The van der Waals surface area contributed by atoms with Crippen LogP contribution in [0.2, 0.25) is 5.02 Å². The van der Waals surface area contributed by atoms with Gasteiger partial charge in [0.1, 0.15) is 16.4 Å². The molecule has 6 nitrogen and oxygen atoms in total. The van der Waals surface area contributed by atoms with E-state index in [1.807, 2.05) is 0 Å². The quantitative estimate of drug-likeness (QED) is 0.901. The smallest absolute Gasteiger partial charge is 0.266 e. The van der Waals surface area contributed by atoms with E-state index in [1.165, 1.54) is 6.20 Å². The second-order valence-corrected chi connectivity index (χ2v) is 6.19. The predicted molar refractivity (Wildman–Crippen MR) is 76.1 cm³/mol. The first kappa shape index (κ1) is 14.8. The van der Waals surface area contributed by atoms with Crippen LogP contribution in [0.25, 0.3) is 0 Å². The molecule has 0 radical (unpaired) electrons. The van der Waals surface area contributed by atoms with Crippen LogP contribution < -0.4 is 10.5 Å². The van der Waals surface area contributed by atoms with Crippen molar-refractivity contribution < 1.29 is 12.8 Å². The molecule has 0 spiro atoms. The van der Waals surface area contributed by atoms with Crippen LogP contribution in [0.5, 0.6) is 0 Å². The summed E-state index contributed by atoms with van der Waals surface area (Å²) in [6, 6.07) is 3.16. The van der Waals surface area contributed by atoms with Crippen LogP contribution in [0.1, 0.15) is 17.1 Å². The van der Waals surface area contributed by atoms with Crippen LogP contribution in [0, 0.1) is 13.8 Å². The summed E-state index contributed by atoms with van der Waals surface area (Å²) in [4.78, 5) is 3.94. The molecule has 0 fully saturated rings. The third kappa shape index (κ3) is 2.65. The molecule has 0 aliphatic rings. The van der Waals surface area contributed by atoms with Crippen molar-refractivity contribution in [3.8, 4) is 0 Å². The monoisotopic (exact) mass is 315 g/mol. The first-order chi connectivity index (χ1) is 9.36. The van der Waals surface area contributed by atoms with Gasteiger partial charge in [0.15, 0.2) is 5.82 Å². The Morgan fingerprint density at radius 3 is 2.70 bits per heavy atom. The normalized spacial score (nSPS) is 11.6. The van der Waals surface area contributed by atoms with Crippen molar-refractivity contribution in [3.63, 3.8) is 0 Å². The summed E-state index contributed by atoms with van der Waals surface area (Å²) in [6.07, 6.45) is 1.45. The minimum atomic E-state index is -3.86. The number of nitrogens with two attached hydrogens (primary N) is 1. The highest BCUT2D eigenvalue weighted by Gasteiger charge is 2.27. The Labute approximate surface area is 122 Å². The standard InChI is InChI=1S/C12H14ClN3O3S/c1-7-9(6-14)11(8(2)19-7)20(17,18)16-12-10(13)4-3-5-15-12/h3-5H,6,14H2,1-2H3,(H,15,16).